The van der Waals surface area contributed by atoms with Crippen LogP contribution in [0.15, 0.2) is 33.9 Å². The summed E-state index contributed by atoms with van der Waals surface area (Å²) in [5, 5.41) is 3.74. The fourth-order valence-electron chi connectivity index (χ4n) is 2.96. The van der Waals surface area contributed by atoms with Crippen LogP contribution in [0.5, 0.6) is 0 Å². The van der Waals surface area contributed by atoms with E-state index in [1.165, 1.54) is 0 Å². The molecule has 1 unspecified atom stereocenters. The lowest BCUT2D eigenvalue weighted by Crippen LogP contribution is -2.33. The second-order valence-electron chi connectivity index (χ2n) is 5.55. The maximum absolute atomic E-state index is 12.6. The van der Waals surface area contributed by atoms with E-state index in [0.717, 1.165) is 32.4 Å². The first-order valence-electron chi connectivity index (χ1n) is 7.09. The molecule has 0 spiro atoms. The second-order valence-corrected chi connectivity index (χ2v) is 5.55. The highest BCUT2D eigenvalue weighted by Crippen LogP contribution is 2.19. The van der Waals surface area contributed by atoms with Crippen LogP contribution in [0.2, 0.25) is 0 Å². The predicted molar refractivity (Wildman–Crippen MR) is 79.2 cm³/mol. The van der Waals surface area contributed by atoms with Crippen molar-refractivity contribution in [1.82, 2.24) is 14.7 Å². The first-order valence-corrected chi connectivity index (χ1v) is 7.09. The fourth-order valence-corrected chi connectivity index (χ4v) is 2.96. The van der Waals surface area contributed by atoms with Crippen molar-refractivity contribution in [3.8, 4) is 0 Å². The molecule has 1 aliphatic heterocycles. The number of aromatic amines is 1. The first kappa shape index (κ1) is 13.1. The number of rotatable bonds is 1. The summed E-state index contributed by atoms with van der Waals surface area (Å²) >= 11 is 0. The average Bonchev–Trinajstić information content (AvgIpc) is 2.68. The molecule has 1 saturated heterocycles. The summed E-state index contributed by atoms with van der Waals surface area (Å²) in [7, 11) is 2.09. The third-order valence-corrected chi connectivity index (χ3v) is 4.13. The molecule has 0 radical (unpaired) electrons. The third-order valence-electron chi connectivity index (χ3n) is 4.13. The molecular formula is C15H19N3O2. The van der Waals surface area contributed by atoms with Gasteiger partial charge in [-0.1, -0.05) is 12.1 Å². The molecule has 0 bridgehead atoms. The Kier molecular flexibility index (Phi) is 3.44. The highest BCUT2D eigenvalue weighted by molar-refractivity contribution is 5.80. The van der Waals surface area contributed by atoms with Gasteiger partial charge in [0.25, 0.3) is 11.1 Å². The van der Waals surface area contributed by atoms with Gasteiger partial charge in [0, 0.05) is 0 Å². The van der Waals surface area contributed by atoms with Crippen LogP contribution < -0.4 is 11.1 Å². The molecule has 20 heavy (non-hydrogen) atoms. The summed E-state index contributed by atoms with van der Waals surface area (Å²) in [5.74, 6) is 0. The molecule has 3 rings (SSSR count). The number of aromatic nitrogens is 2. The highest BCUT2D eigenvalue weighted by atomic mass is 16.2. The minimum atomic E-state index is -0.183. The van der Waals surface area contributed by atoms with Crippen LogP contribution in [0.3, 0.4) is 0 Å². The van der Waals surface area contributed by atoms with Crippen molar-refractivity contribution < 1.29 is 0 Å². The normalized spacial score (nSPS) is 20.9. The Bertz CT molecular complexity index is 732. The van der Waals surface area contributed by atoms with Gasteiger partial charge in [0.2, 0.25) is 0 Å². The summed E-state index contributed by atoms with van der Waals surface area (Å²) in [6, 6.07) is 7.09. The van der Waals surface area contributed by atoms with Gasteiger partial charge in [0.05, 0.1) is 16.8 Å². The summed E-state index contributed by atoms with van der Waals surface area (Å²) < 4.78 is 1.55. The number of hydrogen-bond donors (Lipinski definition) is 1. The van der Waals surface area contributed by atoms with E-state index in [1.54, 1.807) is 28.9 Å². The molecule has 2 aromatic rings. The van der Waals surface area contributed by atoms with E-state index in [4.69, 9.17) is 0 Å². The summed E-state index contributed by atoms with van der Waals surface area (Å²) in [6.07, 6.45) is 2.87. The monoisotopic (exact) mass is 273 g/mol. The number of nitrogens with zero attached hydrogens (tertiary/aromatic N) is 2. The van der Waals surface area contributed by atoms with Gasteiger partial charge in [0.1, 0.15) is 0 Å². The van der Waals surface area contributed by atoms with Crippen LogP contribution in [-0.2, 0) is 0 Å². The molecule has 1 atom stereocenters. The number of likely N-dealkylation sites (tertiary alicyclic amines) is 1. The maximum atomic E-state index is 12.6. The highest BCUT2D eigenvalue weighted by Gasteiger charge is 2.19. The van der Waals surface area contributed by atoms with Gasteiger partial charge in [-0.3, -0.25) is 14.7 Å². The van der Waals surface area contributed by atoms with E-state index in [2.05, 4.69) is 17.0 Å². The van der Waals surface area contributed by atoms with Gasteiger partial charge in [-0.25, -0.2) is 4.68 Å². The number of H-pyrrole nitrogens is 1. The zero-order valence-corrected chi connectivity index (χ0v) is 11.6. The Morgan fingerprint density at radius 1 is 1.10 bits per heavy atom. The van der Waals surface area contributed by atoms with E-state index in [-0.39, 0.29) is 17.2 Å². The number of fused-ring (bicyclic) bond motifs is 1. The van der Waals surface area contributed by atoms with Crippen LogP contribution in [0.25, 0.3) is 10.8 Å². The fraction of sp³-hybridized carbons (Fsp3) is 0.467. The molecule has 1 N–H and O–H groups in total. The van der Waals surface area contributed by atoms with Gasteiger partial charge < -0.3 is 4.90 Å². The minimum absolute atomic E-state index is 0.0877. The largest absolute Gasteiger partial charge is 0.306 e. The Morgan fingerprint density at radius 3 is 2.65 bits per heavy atom. The zero-order chi connectivity index (χ0) is 14.1. The molecular weight excluding hydrogens is 254 g/mol. The van der Waals surface area contributed by atoms with Crippen LogP contribution >= 0.6 is 0 Å². The lowest BCUT2D eigenvalue weighted by Gasteiger charge is -2.18. The molecule has 2 heterocycles. The Balaban J connectivity index is 2.10. The van der Waals surface area contributed by atoms with Gasteiger partial charge >= 0.3 is 0 Å². The Hall–Kier alpha value is -1.88. The SMILES string of the molecule is CN1CCCC(n2[nH]c(=O)c3ccccc3c2=O)CC1. The van der Waals surface area contributed by atoms with Gasteiger partial charge in [0.15, 0.2) is 0 Å². The third kappa shape index (κ3) is 2.29. The van der Waals surface area contributed by atoms with Gasteiger partial charge in [-0.15, -0.1) is 0 Å². The molecule has 106 valence electrons. The molecule has 1 fully saturated rings. The standard InChI is InChI=1S/C15H19N3O2/c1-17-9-4-5-11(8-10-17)18-15(20)13-7-3-2-6-12(13)14(19)16-18/h2-3,6-7,11H,4-5,8-10H2,1H3,(H,16,19). The van der Waals surface area contributed by atoms with Crippen molar-refractivity contribution in [2.45, 2.75) is 25.3 Å². The molecule has 5 nitrogen and oxygen atoms in total. The summed E-state index contributed by atoms with van der Waals surface area (Å²) in [5.41, 5.74) is -0.271. The minimum Gasteiger partial charge on any atom is -0.306 e. The first-order chi connectivity index (χ1) is 9.66. The molecule has 0 saturated carbocycles. The van der Waals surface area contributed by atoms with Gasteiger partial charge in [-0.2, -0.15) is 0 Å². The summed E-state index contributed by atoms with van der Waals surface area (Å²) in [4.78, 5) is 26.9. The molecule has 1 aromatic heterocycles. The molecule has 1 aliphatic rings. The van der Waals surface area contributed by atoms with E-state index in [0.29, 0.717) is 10.8 Å². The summed E-state index contributed by atoms with van der Waals surface area (Å²) in [6.45, 7) is 2.00. The maximum Gasteiger partial charge on any atom is 0.273 e. The molecule has 1 aromatic carbocycles. The topological polar surface area (TPSA) is 58.1 Å². The van der Waals surface area contributed by atoms with Crippen LogP contribution in [0.4, 0.5) is 0 Å². The Labute approximate surface area is 116 Å². The second kappa shape index (κ2) is 5.25. The van der Waals surface area contributed by atoms with Crippen LogP contribution in [0, 0.1) is 0 Å². The van der Waals surface area contributed by atoms with Crippen molar-refractivity contribution in [3.63, 3.8) is 0 Å². The number of benzene rings is 1. The lowest BCUT2D eigenvalue weighted by atomic mass is 10.1. The van der Waals surface area contributed by atoms with Crippen LogP contribution in [-0.4, -0.2) is 34.8 Å². The smallest absolute Gasteiger partial charge is 0.273 e. The van der Waals surface area contributed by atoms with E-state index in [9.17, 15) is 9.59 Å². The Morgan fingerprint density at radius 2 is 1.85 bits per heavy atom. The number of hydrogen-bond acceptors (Lipinski definition) is 3. The van der Waals surface area contributed by atoms with Crippen molar-refractivity contribution in [3.05, 3.63) is 45.0 Å². The van der Waals surface area contributed by atoms with E-state index in [1.807, 2.05) is 0 Å². The van der Waals surface area contributed by atoms with Gasteiger partial charge in [-0.05, 0) is 51.5 Å². The van der Waals surface area contributed by atoms with Crippen molar-refractivity contribution in [2.24, 2.45) is 0 Å². The molecule has 0 amide bonds. The van der Waals surface area contributed by atoms with Crippen molar-refractivity contribution in [1.29, 1.82) is 0 Å². The molecule has 0 aliphatic carbocycles. The van der Waals surface area contributed by atoms with E-state index < -0.39 is 0 Å². The van der Waals surface area contributed by atoms with Crippen molar-refractivity contribution in [2.75, 3.05) is 20.1 Å². The quantitative estimate of drug-likeness (QED) is 0.853. The number of nitrogens with one attached hydrogen (secondary N) is 1. The van der Waals surface area contributed by atoms with Crippen LogP contribution in [0.1, 0.15) is 25.3 Å². The predicted octanol–water partition coefficient (Wildman–Crippen LogP) is 1.35. The lowest BCUT2D eigenvalue weighted by molar-refractivity contribution is 0.334. The molecule has 5 heteroatoms. The van der Waals surface area contributed by atoms with Crippen molar-refractivity contribution >= 4 is 10.8 Å². The zero-order valence-electron chi connectivity index (χ0n) is 11.6. The average molecular weight is 273 g/mol. The van der Waals surface area contributed by atoms with E-state index >= 15 is 0 Å².